The number of nitrogens with zero attached hydrogens (tertiary/aromatic N) is 3. The van der Waals surface area contributed by atoms with Crippen LogP contribution in [-0.2, 0) is 20.0 Å². The Labute approximate surface area is 124 Å². The summed E-state index contributed by atoms with van der Waals surface area (Å²) in [5, 5.41) is 8.27. The zero-order valence-electron chi connectivity index (χ0n) is 12.7. The van der Waals surface area contributed by atoms with Crippen molar-refractivity contribution < 1.29 is 14.3 Å². The summed E-state index contributed by atoms with van der Waals surface area (Å²) in [5.41, 5.74) is 0.227. The number of fused-ring (bicyclic) bond motifs is 1. The number of carbonyl (C=O) groups is 1. The van der Waals surface area contributed by atoms with E-state index in [1.807, 2.05) is 38.1 Å². The molecule has 0 spiro atoms. The highest BCUT2D eigenvalue weighted by Crippen LogP contribution is 2.29. The van der Waals surface area contributed by atoms with E-state index in [1.165, 1.54) is 0 Å². The van der Waals surface area contributed by atoms with Crippen molar-refractivity contribution in [1.29, 1.82) is 0 Å². The molecule has 0 bridgehead atoms. The van der Waals surface area contributed by atoms with Crippen LogP contribution in [0.5, 0.6) is 0 Å². The van der Waals surface area contributed by atoms with Crippen molar-refractivity contribution in [1.82, 2.24) is 15.0 Å². The number of benzene rings is 1. The van der Waals surface area contributed by atoms with Crippen LogP contribution < -0.4 is 0 Å². The first-order chi connectivity index (χ1) is 10.2. The number of aromatic nitrogens is 3. The van der Waals surface area contributed by atoms with Crippen LogP contribution in [0.1, 0.15) is 33.6 Å². The topological polar surface area (TPSA) is 66.2 Å². The molecule has 0 saturated carbocycles. The summed E-state index contributed by atoms with van der Waals surface area (Å²) in [7, 11) is 0. The van der Waals surface area contributed by atoms with Crippen molar-refractivity contribution in [2.24, 2.45) is 0 Å². The first-order valence-corrected chi connectivity index (χ1v) is 7.31. The summed E-state index contributed by atoms with van der Waals surface area (Å²) >= 11 is 0. The number of rotatable bonds is 7. The molecule has 1 aromatic carbocycles. The maximum Gasteiger partial charge on any atom is 0.361 e. The van der Waals surface area contributed by atoms with E-state index >= 15 is 0 Å². The molecule has 114 valence electrons. The highest BCUT2D eigenvalue weighted by molar-refractivity contribution is 5.81. The average Bonchev–Trinajstić information content (AvgIpc) is 2.91. The van der Waals surface area contributed by atoms with E-state index in [0.717, 1.165) is 17.5 Å². The molecule has 0 fully saturated rings. The van der Waals surface area contributed by atoms with E-state index in [1.54, 1.807) is 11.6 Å². The van der Waals surface area contributed by atoms with Gasteiger partial charge in [0.1, 0.15) is 5.52 Å². The molecular formula is C15H21N3O3. The summed E-state index contributed by atoms with van der Waals surface area (Å²) in [6, 6.07) is 7.49. The number of hydrogen-bond donors (Lipinski definition) is 0. The van der Waals surface area contributed by atoms with Crippen LogP contribution in [0.2, 0.25) is 0 Å². The van der Waals surface area contributed by atoms with Gasteiger partial charge in [0.2, 0.25) is 0 Å². The zero-order valence-corrected chi connectivity index (χ0v) is 12.7. The molecule has 0 saturated heterocycles. The van der Waals surface area contributed by atoms with Crippen molar-refractivity contribution in [3.05, 3.63) is 24.3 Å². The fourth-order valence-electron chi connectivity index (χ4n) is 2.44. The molecule has 1 aromatic heterocycles. The second kappa shape index (κ2) is 6.67. The van der Waals surface area contributed by atoms with E-state index in [0.29, 0.717) is 19.6 Å². The number of para-hydroxylation sites is 1. The summed E-state index contributed by atoms with van der Waals surface area (Å²) in [4.78, 5) is 12.6. The van der Waals surface area contributed by atoms with Crippen LogP contribution in [0.3, 0.4) is 0 Å². The molecule has 0 amide bonds. The van der Waals surface area contributed by atoms with Crippen molar-refractivity contribution in [2.45, 2.75) is 39.3 Å². The van der Waals surface area contributed by atoms with Crippen LogP contribution in [0.15, 0.2) is 24.3 Å². The predicted molar refractivity (Wildman–Crippen MR) is 78.7 cm³/mol. The van der Waals surface area contributed by atoms with Gasteiger partial charge >= 0.3 is 5.97 Å². The molecule has 21 heavy (non-hydrogen) atoms. The number of ether oxygens (including phenoxy) is 2. The highest BCUT2D eigenvalue weighted by Gasteiger charge is 2.44. The molecule has 2 rings (SSSR count). The lowest BCUT2D eigenvalue weighted by molar-refractivity contribution is -0.191. The average molecular weight is 291 g/mol. The third kappa shape index (κ3) is 2.76. The van der Waals surface area contributed by atoms with Gasteiger partial charge in [-0.15, -0.1) is 5.10 Å². The second-order valence-electron chi connectivity index (χ2n) is 4.68. The molecule has 6 heteroatoms. The third-order valence-electron chi connectivity index (χ3n) is 3.26. The minimum atomic E-state index is -1.25. The van der Waals surface area contributed by atoms with Gasteiger partial charge in [-0.25, -0.2) is 9.48 Å². The van der Waals surface area contributed by atoms with Crippen molar-refractivity contribution in [2.75, 3.05) is 13.2 Å². The Bertz CT molecular complexity index is 603. The normalized spacial score (nSPS) is 14.0. The van der Waals surface area contributed by atoms with Crippen LogP contribution in [0.25, 0.3) is 11.0 Å². The molecule has 0 aliphatic carbocycles. The number of esters is 1. The smallest absolute Gasteiger partial charge is 0.361 e. The maximum atomic E-state index is 12.6. The van der Waals surface area contributed by atoms with E-state index in [9.17, 15) is 4.79 Å². The van der Waals surface area contributed by atoms with Crippen LogP contribution in [-0.4, -0.2) is 34.2 Å². The lowest BCUT2D eigenvalue weighted by Crippen LogP contribution is -2.46. The maximum absolute atomic E-state index is 12.6. The Morgan fingerprint density at radius 1 is 1.24 bits per heavy atom. The lowest BCUT2D eigenvalue weighted by atomic mass is 10.1. The standard InChI is InChI=1S/C15H21N3O3/c1-4-11-15(21-6-3,14(19)20-5-2)18-13-10-8-7-9-12(13)16-17-18/h7-10H,4-6,11H2,1-3H3. The summed E-state index contributed by atoms with van der Waals surface area (Å²) < 4.78 is 12.6. The van der Waals surface area contributed by atoms with Gasteiger partial charge in [-0.3, -0.25) is 0 Å². The molecule has 6 nitrogen and oxygen atoms in total. The SMILES string of the molecule is CCCC(OCC)(C(=O)OCC)n1nnc2ccccc21. The van der Waals surface area contributed by atoms with Crippen LogP contribution in [0, 0.1) is 0 Å². The summed E-state index contributed by atoms with van der Waals surface area (Å²) in [5.74, 6) is -0.427. The Morgan fingerprint density at radius 2 is 2.00 bits per heavy atom. The van der Waals surface area contributed by atoms with E-state index in [-0.39, 0.29) is 0 Å². The monoisotopic (exact) mass is 291 g/mol. The Morgan fingerprint density at radius 3 is 2.67 bits per heavy atom. The predicted octanol–water partition coefficient (Wildman–Crippen LogP) is 2.48. The van der Waals surface area contributed by atoms with E-state index in [2.05, 4.69) is 10.3 Å². The summed E-state index contributed by atoms with van der Waals surface area (Å²) in [6.45, 7) is 6.30. The van der Waals surface area contributed by atoms with Crippen molar-refractivity contribution in [3.8, 4) is 0 Å². The molecule has 1 unspecified atom stereocenters. The van der Waals surface area contributed by atoms with Gasteiger partial charge in [0.25, 0.3) is 5.72 Å². The van der Waals surface area contributed by atoms with Gasteiger partial charge in [0.15, 0.2) is 0 Å². The van der Waals surface area contributed by atoms with Gasteiger partial charge in [-0.05, 0) is 26.0 Å². The van der Waals surface area contributed by atoms with E-state index in [4.69, 9.17) is 9.47 Å². The highest BCUT2D eigenvalue weighted by atomic mass is 16.6. The van der Waals surface area contributed by atoms with Gasteiger partial charge in [-0.2, -0.15) is 0 Å². The van der Waals surface area contributed by atoms with Gasteiger partial charge in [0.05, 0.1) is 12.1 Å². The first kappa shape index (κ1) is 15.4. The zero-order chi connectivity index (χ0) is 15.3. The largest absolute Gasteiger partial charge is 0.462 e. The molecule has 0 aliphatic heterocycles. The molecule has 0 N–H and O–H groups in total. The Balaban J connectivity index is 2.59. The minimum absolute atomic E-state index is 0.296. The molecule has 2 aromatic rings. The molecule has 1 heterocycles. The fourth-order valence-corrected chi connectivity index (χ4v) is 2.44. The van der Waals surface area contributed by atoms with Gasteiger partial charge in [-0.1, -0.05) is 30.7 Å². The molecule has 1 atom stereocenters. The van der Waals surface area contributed by atoms with Gasteiger partial charge < -0.3 is 9.47 Å². The number of hydrogen-bond acceptors (Lipinski definition) is 5. The van der Waals surface area contributed by atoms with E-state index < -0.39 is 11.7 Å². The Kier molecular flexibility index (Phi) is 4.90. The molecule has 0 radical (unpaired) electrons. The van der Waals surface area contributed by atoms with Crippen molar-refractivity contribution >= 4 is 17.0 Å². The molecule has 0 aliphatic rings. The first-order valence-electron chi connectivity index (χ1n) is 7.31. The van der Waals surface area contributed by atoms with Crippen LogP contribution in [0.4, 0.5) is 0 Å². The third-order valence-corrected chi connectivity index (χ3v) is 3.26. The Hall–Kier alpha value is -1.95. The summed E-state index contributed by atoms with van der Waals surface area (Å²) in [6.07, 6.45) is 1.24. The lowest BCUT2D eigenvalue weighted by Gasteiger charge is -2.31. The quantitative estimate of drug-likeness (QED) is 0.733. The number of carbonyl (C=O) groups excluding carboxylic acids is 1. The van der Waals surface area contributed by atoms with Crippen LogP contribution >= 0.6 is 0 Å². The fraction of sp³-hybridized carbons (Fsp3) is 0.533. The van der Waals surface area contributed by atoms with Gasteiger partial charge in [0, 0.05) is 13.0 Å². The van der Waals surface area contributed by atoms with Crippen molar-refractivity contribution in [3.63, 3.8) is 0 Å². The second-order valence-corrected chi connectivity index (χ2v) is 4.68. The minimum Gasteiger partial charge on any atom is -0.462 e. The molecular weight excluding hydrogens is 270 g/mol.